The first-order valence-corrected chi connectivity index (χ1v) is 18.1. The Morgan fingerprint density at radius 2 is 1.13 bits per heavy atom. The first-order valence-electron chi connectivity index (χ1n) is 18.1. The van der Waals surface area contributed by atoms with Gasteiger partial charge in [0.15, 0.2) is 0 Å². The fourth-order valence-electron chi connectivity index (χ4n) is 8.51. The van der Waals surface area contributed by atoms with Gasteiger partial charge in [-0.15, -0.1) is 0 Å². The van der Waals surface area contributed by atoms with Crippen molar-refractivity contribution in [2.45, 2.75) is 27.7 Å². The average molecular weight is 685 g/mol. The van der Waals surface area contributed by atoms with Crippen LogP contribution in [0.1, 0.15) is 22.3 Å². The molecule has 0 unspecified atom stereocenters. The van der Waals surface area contributed by atoms with E-state index in [9.17, 15) is 0 Å². The highest BCUT2D eigenvalue weighted by Crippen LogP contribution is 2.43. The molecule has 5 nitrogen and oxygen atoms in total. The second-order valence-corrected chi connectivity index (χ2v) is 14.1. The summed E-state index contributed by atoms with van der Waals surface area (Å²) < 4.78 is 11.3. The molecule has 0 saturated heterocycles. The topological polar surface area (TPSA) is 44.3 Å². The first kappa shape index (κ1) is 31.1. The maximum Gasteiger partial charge on any atom is 0.145 e. The summed E-state index contributed by atoms with van der Waals surface area (Å²) >= 11 is 0. The smallest absolute Gasteiger partial charge is 0.145 e. The number of hydrogen-bond acceptors (Lipinski definition) is 3. The van der Waals surface area contributed by atoms with Crippen molar-refractivity contribution in [2.75, 3.05) is 0 Å². The summed E-state index contributed by atoms with van der Waals surface area (Å²) in [6.07, 6.45) is 3.87. The molecule has 10 aromatic rings. The van der Waals surface area contributed by atoms with Gasteiger partial charge in [0.1, 0.15) is 23.0 Å². The molecule has 0 atom stereocenters. The van der Waals surface area contributed by atoms with Crippen molar-refractivity contribution in [1.82, 2.24) is 18.9 Å². The summed E-state index contributed by atoms with van der Waals surface area (Å²) in [7, 11) is 0. The number of aryl methyl sites for hydroxylation is 4. The summed E-state index contributed by atoms with van der Waals surface area (Å²) in [5, 5.41) is 5.71. The summed E-state index contributed by atoms with van der Waals surface area (Å²) in [4.78, 5) is 9.86. The van der Waals surface area contributed by atoms with Crippen LogP contribution < -0.4 is 4.74 Å². The van der Waals surface area contributed by atoms with Crippen molar-refractivity contribution in [3.63, 3.8) is 0 Å². The van der Waals surface area contributed by atoms with Crippen LogP contribution in [0.3, 0.4) is 0 Å². The molecular formula is C48H36N4O. The van der Waals surface area contributed by atoms with Crippen LogP contribution in [0.25, 0.3) is 77.3 Å². The zero-order valence-corrected chi connectivity index (χ0v) is 30.1. The Hall–Kier alpha value is -6.72. The molecule has 10 rings (SSSR count). The lowest BCUT2D eigenvalue weighted by atomic mass is 9.90. The summed E-state index contributed by atoms with van der Waals surface area (Å²) in [5.74, 6) is 2.37. The third-order valence-electron chi connectivity index (χ3n) is 10.8. The van der Waals surface area contributed by atoms with E-state index < -0.39 is 0 Å². The molecule has 0 fully saturated rings. The van der Waals surface area contributed by atoms with E-state index in [2.05, 4.69) is 152 Å². The third-order valence-corrected chi connectivity index (χ3v) is 10.8. The maximum absolute atomic E-state index is 6.75. The van der Waals surface area contributed by atoms with Gasteiger partial charge in [0.05, 0.1) is 28.4 Å². The zero-order valence-electron chi connectivity index (χ0n) is 30.1. The van der Waals surface area contributed by atoms with Crippen molar-refractivity contribution in [3.05, 3.63) is 168 Å². The number of benzene rings is 6. The molecule has 0 radical (unpaired) electrons. The highest BCUT2D eigenvalue weighted by molar-refractivity contribution is 6.18. The van der Waals surface area contributed by atoms with Crippen LogP contribution in [0.4, 0.5) is 0 Å². The van der Waals surface area contributed by atoms with Gasteiger partial charge in [-0.3, -0.25) is 8.97 Å². The maximum atomic E-state index is 6.75. The third kappa shape index (κ3) is 4.77. The Kier molecular flexibility index (Phi) is 6.99. The Labute approximate surface area is 307 Å². The molecule has 0 saturated carbocycles. The average Bonchev–Trinajstić information content (AvgIpc) is 3.75. The van der Waals surface area contributed by atoms with Crippen molar-refractivity contribution in [3.8, 4) is 39.7 Å². The van der Waals surface area contributed by atoms with Crippen molar-refractivity contribution < 1.29 is 4.74 Å². The van der Waals surface area contributed by atoms with E-state index in [-0.39, 0.29) is 0 Å². The first-order chi connectivity index (χ1) is 26.0. The fraction of sp³-hybridized carbons (Fsp3) is 0.0833. The Balaban J connectivity index is 1.22. The molecule has 0 aliphatic heterocycles. The van der Waals surface area contributed by atoms with E-state index >= 15 is 0 Å². The Morgan fingerprint density at radius 3 is 1.89 bits per heavy atom. The van der Waals surface area contributed by atoms with Crippen LogP contribution in [0.5, 0.6) is 11.5 Å². The number of pyridine rings is 2. The van der Waals surface area contributed by atoms with Gasteiger partial charge in [-0.2, -0.15) is 0 Å². The molecule has 4 heterocycles. The zero-order chi connectivity index (χ0) is 35.8. The highest BCUT2D eigenvalue weighted by atomic mass is 16.5. The summed E-state index contributed by atoms with van der Waals surface area (Å²) in [6, 6.07) is 47.0. The highest BCUT2D eigenvalue weighted by Gasteiger charge is 2.21. The number of rotatable bonds is 5. The van der Waals surface area contributed by atoms with Gasteiger partial charge in [-0.25, -0.2) is 9.97 Å². The molecule has 4 aromatic heterocycles. The quantitative estimate of drug-likeness (QED) is 0.170. The van der Waals surface area contributed by atoms with E-state index in [0.29, 0.717) is 0 Å². The second-order valence-electron chi connectivity index (χ2n) is 14.1. The van der Waals surface area contributed by atoms with E-state index in [0.717, 1.165) is 61.4 Å². The minimum Gasteiger partial charge on any atom is -0.457 e. The van der Waals surface area contributed by atoms with Crippen LogP contribution in [-0.4, -0.2) is 18.9 Å². The van der Waals surface area contributed by atoms with Crippen LogP contribution in [-0.2, 0) is 0 Å². The van der Waals surface area contributed by atoms with Gasteiger partial charge in [0.2, 0.25) is 0 Å². The normalized spacial score (nSPS) is 11.8. The molecule has 5 heteroatoms. The van der Waals surface area contributed by atoms with E-state index in [1.54, 1.807) is 0 Å². The van der Waals surface area contributed by atoms with Gasteiger partial charge < -0.3 is 4.74 Å². The van der Waals surface area contributed by atoms with Crippen LogP contribution in [0, 0.1) is 27.7 Å². The lowest BCUT2D eigenvalue weighted by Gasteiger charge is -2.18. The Bertz CT molecular complexity index is 3040. The molecule has 0 amide bonds. The molecule has 0 spiro atoms. The Morgan fingerprint density at radius 1 is 0.491 bits per heavy atom. The summed E-state index contributed by atoms with van der Waals surface area (Å²) in [5.41, 5.74) is 13.9. The second kappa shape index (κ2) is 11.9. The van der Waals surface area contributed by atoms with Gasteiger partial charge in [0, 0.05) is 39.4 Å². The molecule has 0 bridgehead atoms. The molecule has 0 aliphatic carbocycles. The van der Waals surface area contributed by atoms with Crippen LogP contribution in [0.2, 0.25) is 0 Å². The molecular weight excluding hydrogens is 649 g/mol. The van der Waals surface area contributed by atoms with Gasteiger partial charge >= 0.3 is 0 Å². The molecule has 6 aromatic carbocycles. The molecule has 53 heavy (non-hydrogen) atoms. The number of nitrogens with zero attached hydrogens (tertiary/aromatic N) is 4. The lowest BCUT2D eigenvalue weighted by molar-refractivity contribution is 0.484. The van der Waals surface area contributed by atoms with Crippen LogP contribution >= 0.6 is 0 Å². The molecule has 0 aliphatic rings. The fourth-order valence-corrected chi connectivity index (χ4v) is 8.51. The standard InChI is InChI=1S/C48H36N4O/c1-29-12-9-13-30(2)45(29)38-17-11-19-41-47(38)37-24-22-33(26-39(37)48-50-28-43(52(41)48)46-31(3)14-10-15-32(46)4)53-34-21-23-36-35-16-5-6-18-40(35)51(42(36)27-34)44-20-7-8-25-49-44/h5-28H,1-4H3. The van der Waals surface area contributed by atoms with Crippen LogP contribution in [0.15, 0.2) is 146 Å². The molecule has 0 N–H and O–H groups in total. The van der Waals surface area contributed by atoms with Gasteiger partial charge in [-0.1, -0.05) is 72.8 Å². The minimum absolute atomic E-state index is 0.750. The van der Waals surface area contributed by atoms with Gasteiger partial charge in [0.25, 0.3) is 0 Å². The number of fused-ring (bicyclic) bond motifs is 9. The minimum atomic E-state index is 0.750. The largest absolute Gasteiger partial charge is 0.457 e. The van der Waals surface area contributed by atoms with Gasteiger partial charge in [-0.05, 0) is 121 Å². The number of imidazole rings is 1. The SMILES string of the molecule is Cc1cccc(C)c1-c1cccc2c1c1ccc(Oc3ccc4c5ccccc5n(-c5ccccn5)c4c3)cc1c1ncc(-c3c(C)cccc3C)n21. The summed E-state index contributed by atoms with van der Waals surface area (Å²) in [6.45, 7) is 8.78. The van der Waals surface area contributed by atoms with Crippen molar-refractivity contribution in [1.29, 1.82) is 0 Å². The number of aromatic nitrogens is 4. The van der Waals surface area contributed by atoms with E-state index in [1.807, 2.05) is 30.6 Å². The van der Waals surface area contributed by atoms with Crippen molar-refractivity contribution >= 4 is 49.1 Å². The number of ether oxygens (including phenoxy) is 1. The molecule has 254 valence electrons. The monoisotopic (exact) mass is 684 g/mol. The van der Waals surface area contributed by atoms with E-state index in [4.69, 9.17) is 14.7 Å². The predicted molar refractivity (Wildman–Crippen MR) is 219 cm³/mol. The number of para-hydroxylation sites is 1. The van der Waals surface area contributed by atoms with Crippen molar-refractivity contribution in [2.24, 2.45) is 0 Å². The predicted octanol–water partition coefficient (Wildman–Crippen LogP) is 12.5. The van der Waals surface area contributed by atoms with E-state index in [1.165, 1.54) is 49.7 Å². The number of hydrogen-bond donors (Lipinski definition) is 0. The lowest BCUT2D eigenvalue weighted by Crippen LogP contribution is -1.99.